The first kappa shape index (κ1) is 10.4. The molecule has 1 aliphatic rings. The average molecular weight is 231 g/mol. The van der Waals surface area contributed by atoms with Crippen molar-refractivity contribution in [2.24, 2.45) is 5.73 Å². The van der Waals surface area contributed by atoms with Crippen molar-refractivity contribution in [2.75, 3.05) is 13.1 Å². The normalized spacial score (nSPS) is 24.0. The molecule has 1 fully saturated rings. The van der Waals surface area contributed by atoms with Crippen LogP contribution in [0.15, 0.2) is 11.4 Å². The van der Waals surface area contributed by atoms with E-state index in [1.807, 2.05) is 5.38 Å². The molecule has 1 atom stereocenters. The number of piperidine rings is 1. The largest absolute Gasteiger partial charge is 0.327 e. The molecule has 4 heteroatoms. The first-order valence-electron chi connectivity index (χ1n) is 4.95. The fraction of sp³-hybridized carbons (Fsp3) is 0.600. The topological polar surface area (TPSA) is 29.3 Å². The Morgan fingerprint density at radius 2 is 2.50 bits per heavy atom. The molecule has 0 aromatic carbocycles. The average Bonchev–Trinajstić information content (AvgIpc) is 2.52. The SMILES string of the molecule is NC1CCCN(Cc2ccsc2Cl)C1. The first-order chi connectivity index (χ1) is 6.75. The number of hydrogen-bond donors (Lipinski definition) is 1. The van der Waals surface area contributed by atoms with E-state index in [-0.39, 0.29) is 0 Å². The van der Waals surface area contributed by atoms with Crippen LogP contribution < -0.4 is 5.73 Å². The van der Waals surface area contributed by atoms with Gasteiger partial charge in [-0.05, 0) is 36.4 Å². The highest BCUT2D eigenvalue weighted by molar-refractivity contribution is 7.14. The van der Waals surface area contributed by atoms with E-state index in [0.717, 1.165) is 30.4 Å². The van der Waals surface area contributed by atoms with E-state index >= 15 is 0 Å². The Labute approximate surface area is 93.7 Å². The highest BCUT2D eigenvalue weighted by Crippen LogP contribution is 2.24. The minimum atomic E-state index is 0.348. The number of rotatable bonds is 2. The van der Waals surface area contributed by atoms with Crippen molar-refractivity contribution in [1.29, 1.82) is 0 Å². The zero-order chi connectivity index (χ0) is 9.97. The van der Waals surface area contributed by atoms with Crippen LogP contribution in [-0.2, 0) is 6.54 Å². The number of halogens is 1. The summed E-state index contributed by atoms with van der Waals surface area (Å²) in [6, 6.07) is 2.45. The van der Waals surface area contributed by atoms with E-state index in [4.69, 9.17) is 17.3 Å². The number of thiophene rings is 1. The monoisotopic (exact) mass is 230 g/mol. The predicted molar refractivity (Wildman–Crippen MR) is 61.8 cm³/mol. The summed E-state index contributed by atoms with van der Waals surface area (Å²) >= 11 is 7.66. The summed E-state index contributed by atoms with van der Waals surface area (Å²) in [7, 11) is 0. The van der Waals surface area contributed by atoms with E-state index in [9.17, 15) is 0 Å². The van der Waals surface area contributed by atoms with Crippen LogP contribution in [0.1, 0.15) is 18.4 Å². The molecular formula is C10H15ClN2S. The minimum absolute atomic E-state index is 0.348. The maximum absolute atomic E-state index is 6.06. The van der Waals surface area contributed by atoms with E-state index in [0.29, 0.717) is 6.04 Å². The van der Waals surface area contributed by atoms with Gasteiger partial charge in [0.1, 0.15) is 0 Å². The van der Waals surface area contributed by atoms with Gasteiger partial charge in [0.25, 0.3) is 0 Å². The molecule has 0 bridgehead atoms. The quantitative estimate of drug-likeness (QED) is 0.845. The summed E-state index contributed by atoms with van der Waals surface area (Å²) in [6.07, 6.45) is 2.37. The molecule has 0 spiro atoms. The second kappa shape index (κ2) is 4.62. The van der Waals surface area contributed by atoms with Crippen LogP contribution in [0.3, 0.4) is 0 Å². The molecule has 0 radical (unpaired) electrons. The van der Waals surface area contributed by atoms with Crippen molar-refractivity contribution < 1.29 is 0 Å². The second-order valence-corrected chi connectivity index (χ2v) is 5.38. The van der Waals surface area contributed by atoms with Gasteiger partial charge in [-0.3, -0.25) is 4.90 Å². The number of hydrogen-bond acceptors (Lipinski definition) is 3. The van der Waals surface area contributed by atoms with Crippen molar-refractivity contribution in [3.05, 3.63) is 21.3 Å². The van der Waals surface area contributed by atoms with Crippen molar-refractivity contribution in [1.82, 2.24) is 4.90 Å². The Kier molecular flexibility index (Phi) is 3.44. The number of nitrogens with two attached hydrogens (primary N) is 1. The Morgan fingerprint density at radius 1 is 1.64 bits per heavy atom. The third-order valence-corrected chi connectivity index (χ3v) is 3.88. The van der Waals surface area contributed by atoms with Crippen LogP contribution in [0, 0.1) is 0 Å². The summed E-state index contributed by atoms with van der Waals surface area (Å²) in [4.78, 5) is 2.39. The fourth-order valence-electron chi connectivity index (χ4n) is 1.91. The summed E-state index contributed by atoms with van der Waals surface area (Å²) in [5, 5.41) is 2.04. The van der Waals surface area contributed by atoms with Gasteiger partial charge >= 0.3 is 0 Å². The molecule has 1 saturated heterocycles. The van der Waals surface area contributed by atoms with Crippen LogP contribution in [0.2, 0.25) is 4.34 Å². The minimum Gasteiger partial charge on any atom is -0.327 e. The lowest BCUT2D eigenvalue weighted by molar-refractivity contribution is 0.202. The van der Waals surface area contributed by atoms with Crippen molar-refractivity contribution in [3.63, 3.8) is 0 Å². The third-order valence-electron chi connectivity index (χ3n) is 2.63. The van der Waals surface area contributed by atoms with Gasteiger partial charge in [-0.2, -0.15) is 0 Å². The van der Waals surface area contributed by atoms with Gasteiger partial charge in [0, 0.05) is 19.1 Å². The molecule has 2 rings (SSSR count). The van der Waals surface area contributed by atoms with Gasteiger partial charge in [-0.1, -0.05) is 11.6 Å². The van der Waals surface area contributed by atoms with Crippen LogP contribution >= 0.6 is 22.9 Å². The maximum Gasteiger partial charge on any atom is 0.0973 e. The lowest BCUT2D eigenvalue weighted by atomic mass is 10.1. The van der Waals surface area contributed by atoms with E-state index in [1.54, 1.807) is 11.3 Å². The van der Waals surface area contributed by atoms with E-state index in [2.05, 4.69) is 11.0 Å². The highest BCUT2D eigenvalue weighted by Gasteiger charge is 2.17. The lowest BCUT2D eigenvalue weighted by Gasteiger charge is -2.30. The molecule has 1 aromatic rings. The Balaban J connectivity index is 1.94. The number of nitrogens with zero attached hydrogens (tertiary/aromatic N) is 1. The zero-order valence-corrected chi connectivity index (χ0v) is 9.65. The molecule has 0 aliphatic carbocycles. The standard InChI is InChI=1S/C10H15ClN2S/c11-10-8(3-5-14-10)6-13-4-1-2-9(12)7-13/h3,5,9H,1-2,4,6-7,12H2. The second-order valence-electron chi connectivity index (χ2n) is 3.86. The Hall–Kier alpha value is -0.0900. The molecule has 1 unspecified atom stereocenters. The van der Waals surface area contributed by atoms with Gasteiger partial charge in [-0.15, -0.1) is 11.3 Å². The van der Waals surface area contributed by atoms with Gasteiger partial charge < -0.3 is 5.73 Å². The van der Waals surface area contributed by atoms with Crippen LogP contribution in [0.4, 0.5) is 0 Å². The molecule has 2 N–H and O–H groups in total. The smallest absolute Gasteiger partial charge is 0.0973 e. The molecule has 2 nitrogen and oxygen atoms in total. The van der Waals surface area contributed by atoms with Crippen LogP contribution in [-0.4, -0.2) is 24.0 Å². The van der Waals surface area contributed by atoms with Gasteiger partial charge in [0.05, 0.1) is 4.34 Å². The predicted octanol–water partition coefficient (Wildman–Crippen LogP) is 2.32. The first-order valence-corrected chi connectivity index (χ1v) is 6.21. The molecule has 0 saturated carbocycles. The summed E-state index contributed by atoms with van der Waals surface area (Å²) in [6.45, 7) is 3.11. The van der Waals surface area contributed by atoms with Crippen molar-refractivity contribution >= 4 is 22.9 Å². The van der Waals surface area contributed by atoms with Crippen LogP contribution in [0.25, 0.3) is 0 Å². The molecule has 1 aliphatic heterocycles. The summed E-state index contributed by atoms with van der Waals surface area (Å²) in [5.74, 6) is 0. The van der Waals surface area contributed by atoms with Gasteiger partial charge in [0.2, 0.25) is 0 Å². The maximum atomic E-state index is 6.06. The summed E-state index contributed by atoms with van der Waals surface area (Å²) < 4.78 is 0.921. The Bertz CT molecular complexity index is 300. The van der Waals surface area contributed by atoms with E-state index in [1.165, 1.54) is 12.0 Å². The molecule has 78 valence electrons. The van der Waals surface area contributed by atoms with Crippen LogP contribution in [0.5, 0.6) is 0 Å². The van der Waals surface area contributed by atoms with Gasteiger partial charge in [0.15, 0.2) is 0 Å². The zero-order valence-electron chi connectivity index (χ0n) is 8.08. The van der Waals surface area contributed by atoms with E-state index < -0.39 is 0 Å². The van der Waals surface area contributed by atoms with Crippen molar-refractivity contribution in [2.45, 2.75) is 25.4 Å². The molecular weight excluding hydrogens is 216 g/mol. The molecule has 2 heterocycles. The number of likely N-dealkylation sites (tertiary alicyclic amines) is 1. The highest BCUT2D eigenvalue weighted by atomic mass is 35.5. The van der Waals surface area contributed by atoms with Crippen molar-refractivity contribution in [3.8, 4) is 0 Å². The lowest BCUT2D eigenvalue weighted by Crippen LogP contribution is -2.42. The van der Waals surface area contributed by atoms with Gasteiger partial charge in [-0.25, -0.2) is 0 Å². The Morgan fingerprint density at radius 3 is 3.14 bits per heavy atom. The summed E-state index contributed by atoms with van der Waals surface area (Å²) in [5.41, 5.74) is 7.16. The third kappa shape index (κ3) is 2.48. The molecule has 1 aromatic heterocycles. The molecule has 14 heavy (non-hydrogen) atoms. The fourth-order valence-corrected chi connectivity index (χ4v) is 2.82. The molecule has 0 amide bonds.